The lowest BCUT2D eigenvalue weighted by Gasteiger charge is -2.46. The molecule has 3 aliphatic rings. The predicted molar refractivity (Wildman–Crippen MR) is 95.6 cm³/mol. The number of hydrogen-bond donors (Lipinski definition) is 0. The fraction of sp³-hybridized carbons (Fsp3) is 1.00. The molecule has 5 unspecified atom stereocenters. The summed E-state index contributed by atoms with van der Waals surface area (Å²) >= 11 is 6.58. The monoisotopic (exact) mass is 326 g/mol. The second kappa shape index (κ2) is 7.85. The third-order valence-electron chi connectivity index (χ3n) is 6.54. The minimum absolute atomic E-state index is 0.428. The highest BCUT2D eigenvalue weighted by Crippen LogP contribution is 2.43. The number of hydrogen-bond acceptors (Lipinski definition) is 2. The molecule has 1 aliphatic heterocycles. The molecule has 0 bridgehead atoms. The van der Waals surface area contributed by atoms with E-state index >= 15 is 0 Å². The average molecular weight is 327 g/mol. The first-order valence-corrected chi connectivity index (χ1v) is 10.1. The van der Waals surface area contributed by atoms with Crippen molar-refractivity contribution in [3.05, 3.63) is 0 Å². The zero-order valence-electron chi connectivity index (χ0n) is 14.6. The van der Waals surface area contributed by atoms with Gasteiger partial charge in [-0.1, -0.05) is 12.8 Å². The minimum atomic E-state index is 0.428. The first-order chi connectivity index (χ1) is 10.6. The molecule has 5 atom stereocenters. The Morgan fingerprint density at radius 1 is 0.909 bits per heavy atom. The van der Waals surface area contributed by atoms with Crippen molar-refractivity contribution in [2.24, 2.45) is 11.8 Å². The van der Waals surface area contributed by atoms with Crippen LogP contribution in [0, 0.1) is 11.8 Å². The maximum Gasteiger partial charge on any atom is 0.0351 e. The number of fused-ring (bicyclic) bond motifs is 2. The van der Waals surface area contributed by atoms with Gasteiger partial charge in [-0.3, -0.25) is 4.90 Å². The molecule has 3 fully saturated rings. The summed E-state index contributed by atoms with van der Waals surface area (Å²) in [4.78, 5) is 5.29. The van der Waals surface area contributed by atoms with Crippen LogP contribution in [0.4, 0.5) is 0 Å². The van der Waals surface area contributed by atoms with E-state index in [4.69, 9.17) is 11.6 Å². The van der Waals surface area contributed by atoms with Gasteiger partial charge in [-0.15, -0.1) is 11.6 Å². The topological polar surface area (TPSA) is 6.48 Å². The Kier molecular flexibility index (Phi) is 6.09. The molecule has 128 valence electrons. The summed E-state index contributed by atoms with van der Waals surface area (Å²) in [5, 5.41) is 0.428. The Morgan fingerprint density at radius 2 is 1.59 bits per heavy atom. The maximum absolute atomic E-state index is 6.58. The molecule has 2 nitrogen and oxygen atoms in total. The molecular formula is C19H35ClN2. The molecule has 2 aliphatic carbocycles. The van der Waals surface area contributed by atoms with Gasteiger partial charge < -0.3 is 4.90 Å². The van der Waals surface area contributed by atoms with Gasteiger partial charge in [-0.2, -0.15) is 0 Å². The molecule has 0 radical (unpaired) electrons. The summed E-state index contributed by atoms with van der Waals surface area (Å²) in [6.07, 6.45) is 14.0. The van der Waals surface area contributed by atoms with Crippen LogP contribution in [0.5, 0.6) is 0 Å². The first kappa shape index (κ1) is 17.0. The van der Waals surface area contributed by atoms with Crippen LogP contribution in [0.1, 0.15) is 64.2 Å². The smallest absolute Gasteiger partial charge is 0.0351 e. The van der Waals surface area contributed by atoms with Crippen molar-refractivity contribution in [3.63, 3.8) is 0 Å². The van der Waals surface area contributed by atoms with Crippen LogP contribution in [-0.2, 0) is 0 Å². The van der Waals surface area contributed by atoms with Gasteiger partial charge in [0.05, 0.1) is 0 Å². The molecule has 3 heteroatoms. The Hall–Kier alpha value is 0.210. The molecule has 1 heterocycles. The van der Waals surface area contributed by atoms with Crippen LogP contribution in [0.3, 0.4) is 0 Å². The third kappa shape index (κ3) is 3.99. The van der Waals surface area contributed by atoms with E-state index in [2.05, 4.69) is 23.9 Å². The van der Waals surface area contributed by atoms with Gasteiger partial charge in [0.1, 0.15) is 0 Å². The molecule has 2 saturated carbocycles. The lowest BCUT2D eigenvalue weighted by molar-refractivity contribution is 0.0411. The normalized spacial score (nSPS) is 40.1. The Balaban J connectivity index is 1.73. The average Bonchev–Trinajstić information content (AvgIpc) is 2.65. The van der Waals surface area contributed by atoms with Crippen LogP contribution >= 0.6 is 11.6 Å². The third-order valence-corrected chi connectivity index (χ3v) is 6.94. The van der Waals surface area contributed by atoms with Gasteiger partial charge in [0, 0.05) is 17.5 Å². The molecular weight excluding hydrogens is 292 g/mol. The SMILES string of the molecule is CN(C)CCCN1C2CCCCC2CCC2CCC(Cl)CC21. The molecule has 0 aromatic carbocycles. The van der Waals surface area contributed by atoms with Gasteiger partial charge in [0.15, 0.2) is 0 Å². The fourth-order valence-corrected chi connectivity index (χ4v) is 5.75. The van der Waals surface area contributed by atoms with E-state index in [-0.39, 0.29) is 0 Å². The molecule has 0 amide bonds. The largest absolute Gasteiger partial charge is 0.309 e. The number of rotatable bonds is 4. The van der Waals surface area contributed by atoms with Gasteiger partial charge >= 0.3 is 0 Å². The summed E-state index contributed by atoms with van der Waals surface area (Å²) in [6, 6.07) is 1.65. The standard InChI is InChI=1S/C19H35ClN2/c1-21(2)12-5-13-22-18-7-4-3-6-15(18)8-9-16-10-11-17(20)14-19(16)22/h15-19H,3-14H2,1-2H3. The van der Waals surface area contributed by atoms with Crippen LogP contribution in [0.2, 0.25) is 0 Å². The Morgan fingerprint density at radius 3 is 2.36 bits per heavy atom. The van der Waals surface area contributed by atoms with Gasteiger partial charge in [0.2, 0.25) is 0 Å². The molecule has 0 N–H and O–H groups in total. The number of halogens is 1. The highest BCUT2D eigenvalue weighted by atomic mass is 35.5. The number of likely N-dealkylation sites (tertiary alicyclic amines) is 1. The van der Waals surface area contributed by atoms with Crippen molar-refractivity contribution in [2.45, 2.75) is 81.7 Å². The van der Waals surface area contributed by atoms with Crippen molar-refractivity contribution in [1.82, 2.24) is 9.80 Å². The summed E-state index contributed by atoms with van der Waals surface area (Å²) in [6.45, 7) is 2.51. The van der Waals surface area contributed by atoms with Crippen molar-refractivity contribution in [3.8, 4) is 0 Å². The molecule has 0 spiro atoms. The fourth-order valence-electron chi connectivity index (χ4n) is 5.44. The van der Waals surface area contributed by atoms with Crippen LogP contribution in [0.15, 0.2) is 0 Å². The van der Waals surface area contributed by atoms with E-state index in [0.29, 0.717) is 5.38 Å². The number of alkyl halides is 1. The van der Waals surface area contributed by atoms with Gasteiger partial charge in [-0.05, 0) is 90.4 Å². The Labute approximate surface area is 142 Å². The Bertz CT molecular complexity index is 346. The van der Waals surface area contributed by atoms with Crippen molar-refractivity contribution in [2.75, 3.05) is 27.2 Å². The van der Waals surface area contributed by atoms with E-state index in [1.807, 2.05) is 0 Å². The van der Waals surface area contributed by atoms with Crippen molar-refractivity contribution in [1.29, 1.82) is 0 Å². The quantitative estimate of drug-likeness (QED) is 0.708. The predicted octanol–water partition coefficient (Wildman–Crippen LogP) is 4.37. The van der Waals surface area contributed by atoms with Crippen molar-refractivity contribution < 1.29 is 0 Å². The summed E-state index contributed by atoms with van der Waals surface area (Å²) in [5.74, 6) is 1.91. The van der Waals surface area contributed by atoms with E-state index < -0.39 is 0 Å². The molecule has 1 saturated heterocycles. The highest BCUT2D eigenvalue weighted by molar-refractivity contribution is 6.20. The van der Waals surface area contributed by atoms with Crippen LogP contribution < -0.4 is 0 Å². The summed E-state index contributed by atoms with van der Waals surface area (Å²) < 4.78 is 0. The van der Waals surface area contributed by atoms with Crippen LogP contribution in [-0.4, -0.2) is 54.4 Å². The van der Waals surface area contributed by atoms with Gasteiger partial charge in [-0.25, -0.2) is 0 Å². The maximum atomic E-state index is 6.58. The zero-order valence-corrected chi connectivity index (χ0v) is 15.4. The van der Waals surface area contributed by atoms with Crippen molar-refractivity contribution >= 4 is 11.6 Å². The van der Waals surface area contributed by atoms with E-state index in [1.54, 1.807) is 0 Å². The molecule has 0 aromatic rings. The zero-order chi connectivity index (χ0) is 15.5. The lowest BCUT2D eigenvalue weighted by Crippen LogP contribution is -2.51. The second-order valence-corrected chi connectivity index (χ2v) is 8.94. The molecule has 3 rings (SSSR count). The number of nitrogens with zero attached hydrogens (tertiary/aromatic N) is 2. The lowest BCUT2D eigenvalue weighted by atomic mass is 9.80. The van der Waals surface area contributed by atoms with Crippen LogP contribution in [0.25, 0.3) is 0 Å². The summed E-state index contributed by atoms with van der Waals surface area (Å²) in [7, 11) is 4.40. The second-order valence-electron chi connectivity index (χ2n) is 8.32. The first-order valence-electron chi connectivity index (χ1n) is 9.69. The van der Waals surface area contributed by atoms with E-state index in [0.717, 1.165) is 23.9 Å². The van der Waals surface area contributed by atoms with Gasteiger partial charge in [0.25, 0.3) is 0 Å². The van der Waals surface area contributed by atoms with E-state index in [1.165, 1.54) is 77.3 Å². The summed E-state index contributed by atoms with van der Waals surface area (Å²) in [5.41, 5.74) is 0. The van der Waals surface area contributed by atoms with E-state index in [9.17, 15) is 0 Å². The molecule has 22 heavy (non-hydrogen) atoms. The molecule has 0 aromatic heterocycles. The highest BCUT2D eigenvalue weighted by Gasteiger charge is 2.42. The minimum Gasteiger partial charge on any atom is -0.309 e.